The van der Waals surface area contributed by atoms with E-state index in [2.05, 4.69) is 34.1 Å². The van der Waals surface area contributed by atoms with E-state index in [0.29, 0.717) is 0 Å². The van der Waals surface area contributed by atoms with Crippen LogP contribution in [0.3, 0.4) is 0 Å². The lowest BCUT2D eigenvalue weighted by Crippen LogP contribution is -2.02. The number of Topliss-reactive ketones (excluding diaryl/α,β-unsaturated/α-hetero) is 1. The third-order valence-electron chi connectivity index (χ3n) is 3.55. The normalized spacial score (nSPS) is 17.9. The second-order valence-corrected chi connectivity index (χ2v) is 5.72. The number of carbonyl (C=O) groups excluding carboxylic acids is 1. The predicted octanol–water partition coefficient (Wildman–Crippen LogP) is 4.49. The third kappa shape index (κ3) is 1.81. The summed E-state index contributed by atoms with van der Waals surface area (Å²) in [6.07, 6.45) is 0.862. The van der Waals surface area contributed by atoms with Gasteiger partial charge in [0.15, 0.2) is 5.78 Å². The molecule has 0 aromatic heterocycles. The highest BCUT2D eigenvalue weighted by Crippen LogP contribution is 2.35. The third-order valence-corrected chi connectivity index (χ3v) is 4.08. The Morgan fingerprint density at radius 3 is 2.44 bits per heavy atom. The fraction of sp³-hybridized carbons (Fsp3) is 0.188. The Morgan fingerprint density at radius 1 is 1.06 bits per heavy atom. The molecule has 1 atom stereocenters. The van der Waals surface area contributed by atoms with Crippen LogP contribution in [0.2, 0.25) is 0 Å². The van der Waals surface area contributed by atoms with Crippen LogP contribution in [0.5, 0.6) is 0 Å². The van der Waals surface area contributed by atoms with Gasteiger partial charge in [-0.2, -0.15) is 0 Å². The first-order valence-corrected chi connectivity index (χ1v) is 6.88. The lowest BCUT2D eigenvalue weighted by atomic mass is 9.97. The molecular weight excluding hydrogens is 288 g/mol. The van der Waals surface area contributed by atoms with E-state index in [1.807, 2.05) is 31.2 Å². The lowest BCUT2D eigenvalue weighted by Gasteiger charge is -2.08. The van der Waals surface area contributed by atoms with E-state index < -0.39 is 0 Å². The molecule has 0 saturated heterocycles. The smallest absolute Gasteiger partial charge is 0.166 e. The zero-order valence-corrected chi connectivity index (χ0v) is 11.7. The van der Waals surface area contributed by atoms with Gasteiger partial charge in [0.05, 0.1) is 0 Å². The largest absolute Gasteiger partial charge is 0.294 e. The van der Waals surface area contributed by atoms with Gasteiger partial charge in [-0.1, -0.05) is 53.2 Å². The minimum absolute atomic E-state index is 0.122. The van der Waals surface area contributed by atoms with E-state index in [1.54, 1.807) is 0 Å². The monoisotopic (exact) mass is 300 g/mol. The number of ketones is 1. The first-order valence-electron chi connectivity index (χ1n) is 6.09. The lowest BCUT2D eigenvalue weighted by molar-refractivity contribution is 0.0946. The van der Waals surface area contributed by atoms with Crippen LogP contribution in [-0.4, -0.2) is 5.78 Å². The van der Waals surface area contributed by atoms with E-state index in [4.69, 9.17) is 0 Å². The molecule has 90 valence electrons. The molecule has 1 nitrogen and oxygen atoms in total. The summed E-state index contributed by atoms with van der Waals surface area (Å²) < 4.78 is 1.07. The van der Waals surface area contributed by atoms with Crippen LogP contribution in [0.25, 0.3) is 11.1 Å². The molecule has 0 spiro atoms. The number of rotatable bonds is 1. The minimum Gasteiger partial charge on any atom is -0.294 e. The van der Waals surface area contributed by atoms with Crippen molar-refractivity contribution in [2.75, 3.05) is 0 Å². The van der Waals surface area contributed by atoms with Crippen LogP contribution in [0.4, 0.5) is 0 Å². The van der Waals surface area contributed by atoms with Crippen LogP contribution in [0, 0.1) is 5.92 Å². The van der Waals surface area contributed by atoms with Crippen LogP contribution < -0.4 is 0 Å². The summed E-state index contributed by atoms with van der Waals surface area (Å²) in [5, 5.41) is 0. The van der Waals surface area contributed by atoms with Gasteiger partial charge in [0.1, 0.15) is 0 Å². The SMILES string of the molecule is CC1Cc2c(cccc2-c2ccc(Br)cc2)C1=O. The topological polar surface area (TPSA) is 17.1 Å². The average molecular weight is 301 g/mol. The summed E-state index contributed by atoms with van der Waals surface area (Å²) in [5.41, 5.74) is 4.48. The van der Waals surface area contributed by atoms with Crippen molar-refractivity contribution in [1.82, 2.24) is 0 Å². The van der Waals surface area contributed by atoms with E-state index in [-0.39, 0.29) is 11.7 Å². The van der Waals surface area contributed by atoms with Crippen molar-refractivity contribution in [3.63, 3.8) is 0 Å². The number of hydrogen-bond donors (Lipinski definition) is 0. The van der Waals surface area contributed by atoms with Crippen LogP contribution in [0.1, 0.15) is 22.8 Å². The van der Waals surface area contributed by atoms with Gasteiger partial charge in [-0.15, -0.1) is 0 Å². The Hall–Kier alpha value is -1.41. The molecule has 1 aliphatic carbocycles. The molecular formula is C16H13BrO. The maximum Gasteiger partial charge on any atom is 0.166 e. The summed E-state index contributed by atoms with van der Waals surface area (Å²) in [5.74, 6) is 0.403. The van der Waals surface area contributed by atoms with Gasteiger partial charge in [-0.25, -0.2) is 0 Å². The fourth-order valence-electron chi connectivity index (χ4n) is 2.60. The molecule has 2 heteroatoms. The molecule has 1 unspecified atom stereocenters. The quantitative estimate of drug-likeness (QED) is 0.758. The summed E-state index contributed by atoms with van der Waals surface area (Å²) in [6.45, 7) is 2.01. The maximum absolute atomic E-state index is 12.0. The highest BCUT2D eigenvalue weighted by molar-refractivity contribution is 9.10. The van der Waals surface area contributed by atoms with E-state index >= 15 is 0 Å². The Labute approximate surface area is 115 Å². The van der Waals surface area contributed by atoms with Gasteiger partial charge < -0.3 is 0 Å². The zero-order valence-electron chi connectivity index (χ0n) is 10.1. The molecule has 0 aliphatic heterocycles. The zero-order chi connectivity index (χ0) is 12.7. The summed E-state index contributed by atoms with van der Waals surface area (Å²) in [6, 6.07) is 14.3. The summed E-state index contributed by atoms with van der Waals surface area (Å²) >= 11 is 3.45. The van der Waals surface area contributed by atoms with Crippen molar-refractivity contribution < 1.29 is 4.79 Å². The molecule has 3 rings (SSSR count). The van der Waals surface area contributed by atoms with Crippen molar-refractivity contribution in [3.8, 4) is 11.1 Å². The van der Waals surface area contributed by atoms with E-state index in [0.717, 1.165) is 16.5 Å². The molecule has 0 fully saturated rings. The number of fused-ring (bicyclic) bond motifs is 1. The van der Waals surface area contributed by atoms with Crippen molar-refractivity contribution in [1.29, 1.82) is 0 Å². The fourth-order valence-corrected chi connectivity index (χ4v) is 2.87. The summed E-state index contributed by atoms with van der Waals surface area (Å²) in [4.78, 5) is 12.0. The minimum atomic E-state index is 0.122. The number of carbonyl (C=O) groups is 1. The van der Waals surface area contributed by atoms with Gasteiger partial charge in [0.25, 0.3) is 0 Å². The predicted molar refractivity (Wildman–Crippen MR) is 76.8 cm³/mol. The molecule has 0 N–H and O–H groups in total. The Balaban J connectivity index is 2.15. The van der Waals surface area contributed by atoms with Crippen molar-refractivity contribution in [2.24, 2.45) is 5.92 Å². The molecule has 0 radical (unpaired) electrons. The number of hydrogen-bond acceptors (Lipinski definition) is 1. The Bertz CT molecular complexity index is 613. The molecule has 0 heterocycles. The highest BCUT2D eigenvalue weighted by Gasteiger charge is 2.28. The van der Waals surface area contributed by atoms with Gasteiger partial charge >= 0.3 is 0 Å². The second-order valence-electron chi connectivity index (χ2n) is 4.81. The van der Waals surface area contributed by atoms with Gasteiger partial charge in [0.2, 0.25) is 0 Å². The summed E-state index contributed by atoms with van der Waals surface area (Å²) in [7, 11) is 0. The Morgan fingerprint density at radius 2 is 1.72 bits per heavy atom. The maximum atomic E-state index is 12.0. The standard InChI is InChI=1S/C16H13BrO/c1-10-9-15-13(3-2-4-14(15)16(10)18)11-5-7-12(17)8-6-11/h2-8,10H,9H2,1H3. The molecule has 0 saturated carbocycles. The number of halogens is 1. The molecule has 2 aromatic rings. The first kappa shape index (κ1) is 11.7. The van der Waals surface area contributed by atoms with Crippen molar-refractivity contribution in [2.45, 2.75) is 13.3 Å². The second kappa shape index (κ2) is 4.36. The van der Waals surface area contributed by atoms with Gasteiger partial charge in [-0.05, 0) is 35.2 Å². The van der Waals surface area contributed by atoms with E-state index in [9.17, 15) is 4.79 Å². The average Bonchev–Trinajstić information content (AvgIpc) is 2.67. The molecule has 0 amide bonds. The first-order chi connectivity index (χ1) is 8.66. The van der Waals surface area contributed by atoms with Crippen LogP contribution in [-0.2, 0) is 6.42 Å². The van der Waals surface area contributed by atoms with Gasteiger partial charge in [0, 0.05) is 16.0 Å². The van der Waals surface area contributed by atoms with Crippen molar-refractivity contribution in [3.05, 3.63) is 58.1 Å². The van der Waals surface area contributed by atoms with Crippen LogP contribution in [0.15, 0.2) is 46.9 Å². The Kier molecular flexibility index (Phi) is 2.83. The molecule has 18 heavy (non-hydrogen) atoms. The molecule has 0 bridgehead atoms. The van der Waals surface area contributed by atoms with Crippen LogP contribution >= 0.6 is 15.9 Å². The highest BCUT2D eigenvalue weighted by atomic mass is 79.9. The molecule has 1 aliphatic rings. The van der Waals surface area contributed by atoms with E-state index in [1.165, 1.54) is 16.7 Å². The number of benzene rings is 2. The van der Waals surface area contributed by atoms with Crippen molar-refractivity contribution >= 4 is 21.7 Å². The molecule has 2 aromatic carbocycles. The van der Waals surface area contributed by atoms with Gasteiger partial charge in [-0.3, -0.25) is 4.79 Å².